The lowest BCUT2D eigenvalue weighted by Gasteiger charge is -2.55. The molecule has 0 radical (unpaired) electrons. The quantitative estimate of drug-likeness (QED) is 0.213. The Morgan fingerprint density at radius 2 is 1.41 bits per heavy atom. The average molecular weight is 581 g/mol. The number of hydrogen-bond acceptors (Lipinski definition) is 13. The molecule has 0 unspecified atom stereocenters. The van der Waals surface area contributed by atoms with Crippen molar-refractivity contribution in [2.75, 3.05) is 0 Å². The Bertz CT molecular complexity index is 1240. The van der Waals surface area contributed by atoms with Crippen LogP contribution >= 0.6 is 0 Å². The van der Waals surface area contributed by atoms with Gasteiger partial charge in [0.25, 0.3) is 0 Å². The zero-order valence-electron chi connectivity index (χ0n) is 24.2. The van der Waals surface area contributed by atoms with E-state index in [1.165, 1.54) is 27.7 Å². The number of fused-ring (bicyclic) bond motifs is 3. The van der Waals surface area contributed by atoms with Crippen LogP contribution in [0.3, 0.4) is 0 Å². The van der Waals surface area contributed by atoms with Crippen molar-refractivity contribution in [2.24, 2.45) is 11.3 Å². The third-order valence-electron chi connectivity index (χ3n) is 9.36. The van der Waals surface area contributed by atoms with Gasteiger partial charge in [-0.2, -0.15) is 0 Å². The van der Waals surface area contributed by atoms with Gasteiger partial charge in [0.15, 0.2) is 17.3 Å². The van der Waals surface area contributed by atoms with E-state index in [1.54, 1.807) is 26.8 Å². The van der Waals surface area contributed by atoms with Crippen LogP contribution in [-0.4, -0.2) is 94.5 Å². The Labute approximate surface area is 236 Å². The molecular formula is C28H36O13. The maximum Gasteiger partial charge on any atom is 0.342 e. The van der Waals surface area contributed by atoms with Gasteiger partial charge in [-0.1, -0.05) is 12.5 Å². The Hall–Kier alpha value is -3.03. The molecule has 41 heavy (non-hydrogen) atoms. The van der Waals surface area contributed by atoms with E-state index < -0.39 is 101 Å². The molecule has 0 amide bonds. The number of carbonyl (C=O) groups excluding carboxylic acids is 5. The van der Waals surface area contributed by atoms with Crippen LogP contribution in [0, 0.1) is 11.3 Å². The first-order valence-electron chi connectivity index (χ1n) is 13.6. The van der Waals surface area contributed by atoms with Gasteiger partial charge >= 0.3 is 29.8 Å². The summed E-state index contributed by atoms with van der Waals surface area (Å²) in [5, 5.41) is 11.5. The van der Waals surface area contributed by atoms with E-state index in [1.807, 2.05) is 0 Å². The third-order valence-corrected chi connectivity index (χ3v) is 9.36. The standard InChI is InChI=1S/C28H36O13/c1-11-9-16(35-12(2)29)20(36-13(3)30)25(6)19(26(7)22(40-26)18(33)21(25)37-14(4)31)23(38-15(5)32)28-17(10-11)39-24(34)27(28,8)41-28/h10,16-23,33H,9H2,1-8H3/t16-,17+,18+,19-,20+,21+,22+,23-,25+,26-,27+,28+/m1/s1. The average Bonchev–Trinajstić information content (AvgIpc) is 3.68. The minimum atomic E-state index is -1.64. The minimum absolute atomic E-state index is 0.0167. The molecule has 13 heteroatoms. The summed E-state index contributed by atoms with van der Waals surface area (Å²) in [4.78, 5) is 63.3. The van der Waals surface area contributed by atoms with Gasteiger partial charge in [0, 0.05) is 40.0 Å². The fraction of sp³-hybridized carbons (Fsp3) is 0.750. The summed E-state index contributed by atoms with van der Waals surface area (Å²) >= 11 is 0. The molecule has 3 aliphatic heterocycles. The zero-order chi connectivity index (χ0) is 30.4. The smallest absolute Gasteiger partial charge is 0.342 e. The van der Waals surface area contributed by atoms with E-state index in [0.29, 0.717) is 5.57 Å². The number of epoxide rings is 2. The molecule has 3 saturated heterocycles. The highest BCUT2D eigenvalue weighted by Crippen LogP contribution is 2.69. The molecule has 1 saturated carbocycles. The molecule has 1 spiro atoms. The van der Waals surface area contributed by atoms with E-state index in [-0.39, 0.29) is 6.42 Å². The molecule has 5 aliphatic rings. The highest BCUT2D eigenvalue weighted by Gasteiger charge is 2.90. The lowest BCUT2D eigenvalue weighted by atomic mass is 9.52. The van der Waals surface area contributed by atoms with Crippen LogP contribution in [0.2, 0.25) is 0 Å². The predicted octanol–water partition coefficient (Wildman–Crippen LogP) is 0.671. The molecule has 0 aromatic rings. The normalized spacial score (nSPS) is 47.5. The van der Waals surface area contributed by atoms with E-state index in [2.05, 4.69) is 0 Å². The summed E-state index contributed by atoms with van der Waals surface area (Å²) in [5.41, 5.74) is -5.34. The topological polar surface area (TPSA) is 177 Å². The molecule has 0 bridgehead atoms. The van der Waals surface area contributed by atoms with Gasteiger partial charge in [0.05, 0.1) is 5.41 Å². The molecular weight excluding hydrogens is 544 g/mol. The van der Waals surface area contributed by atoms with Crippen LogP contribution in [0.4, 0.5) is 0 Å². The number of hydrogen-bond donors (Lipinski definition) is 1. The summed E-state index contributed by atoms with van der Waals surface area (Å²) in [5.74, 6) is -4.59. The molecule has 0 aromatic heterocycles. The fourth-order valence-corrected chi connectivity index (χ4v) is 7.80. The highest BCUT2D eigenvalue weighted by atomic mass is 16.7. The summed E-state index contributed by atoms with van der Waals surface area (Å²) in [6.07, 6.45) is -6.85. The largest absolute Gasteiger partial charge is 0.459 e. The minimum Gasteiger partial charge on any atom is -0.459 e. The van der Waals surface area contributed by atoms with Crippen LogP contribution in [0.15, 0.2) is 11.6 Å². The third kappa shape index (κ3) is 4.10. The van der Waals surface area contributed by atoms with Gasteiger partial charge in [-0.05, 0) is 26.8 Å². The highest BCUT2D eigenvalue weighted by molar-refractivity contribution is 5.89. The maximum atomic E-state index is 13.1. The Kier molecular flexibility index (Phi) is 6.64. The van der Waals surface area contributed by atoms with E-state index in [9.17, 15) is 29.1 Å². The summed E-state index contributed by atoms with van der Waals surface area (Å²) in [7, 11) is 0. The van der Waals surface area contributed by atoms with Crippen molar-refractivity contribution in [3.8, 4) is 0 Å². The summed E-state index contributed by atoms with van der Waals surface area (Å²) in [6.45, 7) is 11.3. The Morgan fingerprint density at radius 3 is 1.95 bits per heavy atom. The molecule has 0 aromatic carbocycles. The van der Waals surface area contributed by atoms with Gasteiger partial charge < -0.3 is 38.3 Å². The molecule has 5 rings (SSSR count). The van der Waals surface area contributed by atoms with Crippen molar-refractivity contribution in [3.63, 3.8) is 0 Å². The van der Waals surface area contributed by atoms with Crippen molar-refractivity contribution < 1.29 is 62.2 Å². The molecule has 12 atom stereocenters. The van der Waals surface area contributed by atoms with E-state index in [4.69, 9.17) is 33.2 Å². The first-order chi connectivity index (χ1) is 18.9. The van der Waals surface area contributed by atoms with E-state index in [0.717, 1.165) is 6.92 Å². The SMILES string of the molecule is CC(=O)O[C@@H]1[C@H]2[C@@]3(C)O[C@H]3[C@@H](O)[C@H](OC(C)=O)[C@]2(C)[C@@H](OC(C)=O)[C@H](OC(C)=O)CC(C)=C[C@@H]2OC(=O)[C@]3(C)O[C@@]213. The predicted molar refractivity (Wildman–Crippen MR) is 134 cm³/mol. The number of aliphatic hydroxyl groups excluding tert-OH is 1. The van der Waals surface area contributed by atoms with Gasteiger partial charge in [-0.3, -0.25) is 19.2 Å². The molecule has 226 valence electrons. The van der Waals surface area contributed by atoms with Gasteiger partial charge in [0.2, 0.25) is 0 Å². The van der Waals surface area contributed by atoms with Crippen LogP contribution in [0.5, 0.6) is 0 Å². The van der Waals surface area contributed by atoms with Crippen LogP contribution in [0.1, 0.15) is 61.8 Å². The van der Waals surface area contributed by atoms with Gasteiger partial charge in [-0.25, -0.2) is 4.79 Å². The van der Waals surface area contributed by atoms with Crippen molar-refractivity contribution in [1.29, 1.82) is 0 Å². The fourth-order valence-electron chi connectivity index (χ4n) is 7.80. The molecule has 1 N–H and O–H groups in total. The molecule has 3 heterocycles. The second kappa shape index (κ2) is 9.23. The van der Waals surface area contributed by atoms with Gasteiger partial charge in [0.1, 0.15) is 42.2 Å². The zero-order valence-corrected chi connectivity index (χ0v) is 24.2. The molecule has 4 fully saturated rings. The van der Waals surface area contributed by atoms with Crippen LogP contribution in [-0.2, 0) is 57.1 Å². The first-order valence-corrected chi connectivity index (χ1v) is 13.6. The lowest BCUT2D eigenvalue weighted by Crippen LogP contribution is -2.71. The Balaban J connectivity index is 1.84. The first kappa shape index (κ1) is 29.5. The number of ether oxygens (including phenoxy) is 7. The Morgan fingerprint density at radius 1 is 0.878 bits per heavy atom. The molecule has 2 aliphatic carbocycles. The number of esters is 5. The summed E-state index contributed by atoms with van der Waals surface area (Å²) in [6, 6.07) is 0. The van der Waals surface area contributed by atoms with Crippen LogP contribution < -0.4 is 0 Å². The number of carbonyl (C=O) groups is 5. The summed E-state index contributed by atoms with van der Waals surface area (Å²) < 4.78 is 41.4. The van der Waals surface area contributed by atoms with Crippen molar-refractivity contribution in [2.45, 2.75) is 121 Å². The second-order valence-corrected chi connectivity index (χ2v) is 12.3. The van der Waals surface area contributed by atoms with Crippen molar-refractivity contribution >= 4 is 29.8 Å². The number of aliphatic hydroxyl groups is 1. The number of rotatable bonds is 4. The van der Waals surface area contributed by atoms with Gasteiger partial charge in [-0.15, -0.1) is 0 Å². The molecule has 13 nitrogen and oxygen atoms in total. The monoisotopic (exact) mass is 580 g/mol. The van der Waals surface area contributed by atoms with Crippen molar-refractivity contribution in [1.82, 2.24) is 0 Å². The second-order valence-electron chi connectivity index (χ2n) is 12.3. The van der Waals surface area contributed by atoms with Crippen LogP contribution in [0.25, 0.3) is 0 Å². The maximum absolute atomic E-state index is 13.1. The van der Waals surface area contributed by atoms with Crippen molar-refractivity contribution in [3.05, 3.63) is 11.6 Å². The van der Waals surface area contributed by atoms with E-state index >= 15 is 0 Å². The lowest BCUT2D eigenvalue weighted by molar-refractivity contribution is -0.241.